The fourth-order valence-electron chi connectivity index (χ4n) is 1.71. The molecule has 0 unspecified atom stereocenters. The molecule has 0 spiro atoms. The minimum atomic E-state index is 0.209. The molecule has 0 atom stereocenters. The van der Waals surface area contributed by atoms with E-state index in [4.69, 9.17) is 14.6 Å². The predicted octanol–water partition coefficient (Wildman–Crippen LogP) is 2.54. The molecule has 0 saturated carbocycles. The van der Waals surface area contributed by atoms with Crippen molar-refractivity contribution in [2.24, 2.45) is 0 Å². The predicted molar refractivity (Wildman–Crippen MR) is 65.2 cm³/mol. The van der Waals surface area contributed by atoms with Gasteiger partial charge in [0.25, 0.3) is 0 Å². The number of aryl methyl sites for hydroxylation is 1. The zero-order chi connectivity index (χ0) is 11.4. The second kappa shape index (κ2) is 5.55. The minimum absolute atomic E-state index is 0.209. The molecule has 88 valence electrons. The highest BCUT2D eigenvalue weighted by Crippen LogP contribution is 2.39. The van der Waals surface area contributed by atoms with Gasteiger partial charge in [-0.3, -0.25) is 0 Å². The lowest BCUT2D eigenvalue weighted by Gasteiger charge is -2.12. The quantitative estimate of drug-likeness (QED) is 0.928. The molecule has 0 fully saturated rings. The van der Waals surface area contributed by atoms with E-state index in [2.05, 4.69) is 15.9 Å². The summed E-state index contributed by atoms with van der Waals surface area (Å²) in [6.07, 6.45) is 2.51. The number of hydrogen-bond acceptors (Lipinski definition) is 3. The standard InChI is InChI=1S/C12H15BrO3/c13-11-9(3-1-6-14)4-5-10-12(11)16-8-2-7-15-10/h4-5,14H,1-3,6-8H2. The van der Waals surface area contributed by atoms with Gasteiger partial charge in [0.15, 0.2) is 11.5 Å². The Kier molecular flexibility index (Phi) is 4.07. The van der Waals surface area contributed by atoms with Gasteiger partial charge in [-0.1, -0.05) is 6.07 Å². The van der Waals surface area contributed by atoms with Gasteiger partial charge in [0.1, 0.15) is 0 Å². The lowest BCUT2D eigenvalue weighted by atomic mass is 10.1. The maximum atomic E-state index is 8.83. The summed E-state index contributed by atoms with van der Waals surface area (Å²) < 4.78 is 12.2. The van der Waals surface area contributed by atoms with Crippen LogP contribution >= 0.6 is 15.9 Å². The molecule has 16 heavy (non-hydrogen) atoms. The van der Waals surface area contributed by atoms with Crippen LogP contribution in [-0.2, 0) is 6.42 Å². The molecule has 4 heteroatoms. The third-order valence-electron chi connectivity index (χ3n) is 2.54. The highest BCUT2D eigenvalue weighted by molar-refractivity contribution is 9.10. The zero-order valence-corrected chi connectivity index (χ0v) is 10.6. The molecule has 1 N–H and O–H groups in total. The summed E-state index contributed by atoms with van der Waals surface area (Å²) >= 11 is 3.55. The summed E-state index contributed by atoms with van der Waals surface area (Å²) in [5.41, 5.74) is 1.15. The van der Waals surface area contributed by atoms with Crippen LogP contribution in [-0.4, -0.2) is 24.9 Å². The third-order valence-corrected chi connectivity index (χ3v) is 3.41. The van der Waals surface area contributed by atoms with Crippen LogP contribution in [0.1, 0.15) is 18.4 Å². The number of aliphatic hydroxyl groups is 1. The van der Waals surface area contributed by atoms with Gasteiger partial charge in [-0.05, 0) is 40.4 Å². The molecule has 1 aromatic rings. The highest BCUT2D eigenvalue weighted by Gasteiger charge is 2.16. The average Bonchev–Trinajstić information content (AvgIpc) is 2.54. The number of halogens is 1. The zero-order valence-electron chi connectivity index (χ0n) is 9.04. The SMILES string of the molecule is OCCCc1ccc2c(c1Br)OCCCO2. The Bertz CT molecular complexity index is 366. The van der Waals surface area contributed by atoms with Crippen molar-refractivity contribution < 1.29 is 14.6 Å². The molecule has 0 amide bonds. The smallest absolute Gasteiger partial charge is 0.175 e. The molecular weight excluding hydrogens is 272 g/mol. The molecule has 0 radical (unpaired) electrons. The Morgan fingerprint density at radius 2 is 2.06 bits per heavy atom. The molecule has 1 aliphatic heterocycles. The summed E-state index contributed by atoms with van der Waals surface area (Å²) in [5, 5.41) is 8.83. The van der Waals surface area contributed by atoms with Crippen LogP contribution in [0.2, 0.25) is 0 Å². The van der Waals surface area contributed by atoms with Gasteiger partial charge in [-0.25, -0.2) is 0 Å². The Morgan fingerprint density at radius 1 is 1.25 bits per heavy atom. The van der Waals surface area contributed by atoms with E-state index < -0.39 is 0 Å². The van der Waals surface area contributed by atoms with Crippen LogP contribution in [0.15, 0.2) is 16.6 Å². The van der Waals surface area contributed by atoms with Crippen molar-refractivity contribution in [2.75, 3.05) is 19.8 Å². The van der Waals surface area contributed by atoms with Crippen LogP contribution in [0, 0.1) is 0 Å². The van der Waals surface area contributed by atoms with E-state index in [1.165, 1.54) is 0 Å². The molecule has 1 heterocycles. The van der Waals surface area contributed by atoms with Crippen molar-refractivity contribution >= 4 is 15.9 Å². The van der Waals surface area contributed by atoms with Crippen LogP contribution in [0.4, 0.5) is 0 Å². The average molecular weight is 287 g/mol. The number of aliphatic hydroxyl groups excluding tert-OH is 1. The Hall–Kier alpha value is -0.740. The summed E-state index contributed by atoms with van der Waals surface area (Å²) in [6, 6.07) is 3.96. The fourth-order valence-corrected chi connectivity index (χ4v) is 2.35. The van der Waals surface area contributed by atoms with E-state index in [0.717, 1.165) is 40.8 Å². The second-order valence-corrected chi connectivity index (χ2v) is 4.54. The van der Waals surface area contributed by atoms with Gasteiger partial charge in [-0.2, -0.15) is 0 Å². The van der Waals surface area contributed by atoms with E-state index in [-0.39, 0.29) is 6.61 Å². The third kappa shape index (κ3) is 2.50. The summed E-state index contributed by atoms with van der Waals surface area (Å²) in [4.78, 5) is 0. The summed E-state index contributed by atoms with van der Waals surface area (Å²) in [6.45, 7) is 1.60. The normalized spacial score (nSPS) is 14.6. The van der Waals surface area contributed by atoms with Gasteiger partial charge in [-0.15, -0.1) is 0 Å². The van der Waals surface area contributed by atoms with Crippen molar-refractivity contribution in [1.82, 2.24) is 0 Å². The largest absolute Gasteiger partial charge is 0.490 e. The van der Waals surface area contributed by atoms with E-state index >= 15 is 0 Å². The van der Waals surface area contributed by atoms with Crippen molar-refractivity contribution in [3.63, 3.8) is 0 Å². The lowest BCUT2D eigenvalue weighted by molar-refractivity contribution is 0.288. The maximum Gasteiger partial charge on any atom is 0.175 e. The first-order chi connectivity index (χ1) is 7.83. The van der Waals surface area contributed by atoms with Crippen molar-refractivity contribution in [3.05, 3.63) is 22.2 Å². The number of rotatable bonds is 3. The fraction of sp³-hybridized carbons (Fsp3) is 0.500. The first-order valence-corrected chi connectivity index (χ1v) is 6.30. The Labute approximate surface area is 104 Å². The van der Waals surface area contributed by atoms with Gasteiger partial charge >= 0.3 is 0 Å². The molecule has 0 bridgehead atoms. The van der Waals surface area contributed by atoms with Gasteiger partial charge in [0, 0.05) is 13.0 Å². The van der Waals surface area contributed by atoms with E-state index in [1.54, 1.807) is 0 Å². The van der Waals surface area contributed by atoms with Crippen molar-refractivity contribution in [3.8, 4) is 11.5 Å². The topological polar surface area (TPSA) is 38.7 Å². The van der Waals surface area contributed by atoms with E-state index in [1.807, 2.05) is 12.1 Å². The first kappa shape index (κ1) is 11.7. The van der Waals surface area contributed by atoms with Crippen LogP contribution in [0.25, 0.3) is 0 Å². The minimum Gasteiger partial charge on any atom is -0.490 e. The molecule has 3 nitrogen and oxygen atoms in total. The monoisotopic (exact) mass is 286 g/mol. The maximum absolute atomic E-state index is 8.83. The van der Waals surface area contributed by atoms with Crippen LogP contribution in [0.5, 0.6) is 11.5 Å². The summed E-state index contributed by atoms with van der Waals surface area (Å²) in [7, 11) is 0. The number of benzene rings is 1. The van der Waals surface area contributed by atoms with Crippen LogP contribution in [0.3, 0.4) is 0 Å². The van der Waals surface area contributed by atoms with E-state index in [9.17, 15) is 0 Å². The lowest BCUT2D eigenvalue weighted by Crippen LogP contribution is -1.98. The molecule has 1 aromatic carbocycles. The molecule has 1 aliphatic rings. The molecule has 0 aromatic heterocycles. The van der Waals surface area contributed by atoms with Gasteiger partial charge < -0.3 is 14.6 Å². The van der Waals surface area contributed by atoms with Crippen molar-refractivity contribution in [1.29, 1.82) is 0 Å². The summed E-state index contributed by atoms with van der Waals surface area (Å²) in [5.74, 6) is 1.60. The molecule has 0 aliphatic carbocycles. The number of hydrogen-bond donors (Lipinski definition) is 1. The van der Waals surface area contributed by atoms with E-state index in [0.29, 0.717) is 13.2 Å². The number of fused-ring (bicyclic) bond motifs is 1. The van der Waals surface area contributed by atoms with Crippen LogP contribution < -0.4 is 9.47 Å². The Morgan fingerprint density at radius 3 is 2.88 bits per heavy atom. The first-order valence-electron chi connectivity index (χ1n) is 5.51. The van der Waals surface area contributed by atoms with Gasteiger partial charge in [0.2, 0.25) is 0 Å². The number of ether oxygens (including phenoxy) is 2. The molecule has 2 rings (SSSR count). The molecule has 0 saturated heterocycles. The highest BCUT2D eigenvalue weighted by atomic mass is 79.9. The second-order valence-electron chi connectivity index (χ2n) is 3.74. The Balaban J connectivity index is 2.26. The molecular formula is C12H15BrO3. The van der Waals surface area contributed by atoms with Crippen molar-refractivity contribution in [2.45, 2.75) is 19.3 Å². The van der Waals surface area contributed by atoms with Gasteiger partial charge in [0.05, 0.1) is 17.7 Å².